The van der Waals surface area contributed by atoms with Gasteiger partial charge in [-0.3, -0.25) is 4.79 Å². The number of carbonyl (C=O) groups excluding carboxylic acids is 1. The fraction of sp³-hybridized carbons (Fsp3) is 0.280. The summed E-state index contributed by atoms with van der Waals surface area (Å²) in [5.41, 5.74) is 3.52. The first kappa shape index (κ1) is 21.6. The van der Waals surface area contributed by atoms with Gasteiger partial charge in [0.25, 0.3) is 5.91 Å². The molecule has 1 aliphatic rings. The summed E-state index contributed by atoms with van der Waals surface area (Å²) < 4.78 is 5.40. The van der Waals surface area contributed by atoms with Gasteiger partial charge in [0.05, 0.1) is 18.4 Å². The van der Waals surface area contributed by atoms with Gasteiger partial charge in [0, 0.05) is 44.6 Å². The molecule has 166 valence electrons. The number of hydrogen-bond acceptors (Lipinski definition) is 6. The summed E-state index contributed by atoms with van der Waals surface area (Å²) in [6.07, 6.45) is 1.66. The lowest BCUT2D eigenvalue weighted by Crippen LogP contribution is -2.45. The molecule has 0 saturated carbocycles. The molecule has 1 aliphatic heterocycles. The zero-order valence-corrected chi connectivity index (χ0v) is 18.5. The van der Waals surface area contributed by atoms with Gasteiger partial charge in [0.2, 0.25) is 0 Å². The second-order valence-electron chi connectivity index (χ2n) is 7.83. The molecule has 0 radical (unpaired) electrons. The van der Waals surface area contributed by atoms with Crippen molar-refractivity contribution >= 4 is 23.1 Å². The van der Waals surface area contributed by atoms with Crippen molar-refractivity contribution in [3.8, 4) is 5.75 Å². The highest BCUT2D eigenvalue weighted by Gasteiger charge is 2.18. The second-order valence-corrected chi connectivity index (χ2v) is 7.83. The maximum Gasteiger partial charge on any atom is 0.255 e. The van der Waals surface area contributed by atoms with Gasteiger partial charge in [-0.25, -0.2) is 4.98 Å². The van der Waals surface area contributed by atoms with Crippen LogP contribution in [0.3, 0.4) is 0 Å². The number of piperazine rings is 1. The highest BCUT2D eigenvalue weighted by atomic mass is 16.5. The molecule has 0 aliphatic carbocycles. The first-order valence-corrected chi connectivity index (χ1v) is 10.8. The molecule has 1 amide bonds. The number of benzene rings is 2. The Kier molecular flexibility index (Phi) is 6.87. The van der Waals surface area contributed by atoms with Crippen LogP contribution in [0.4, 0.5) is 17.2 Å². The van der Waals surface area contributed by atoms with Crippen LogP contribution in [-0.2, 0) is 6.54 Å². The van der Waals surface area contributed by atoms with Crippen LogP contribution >= 0.6 is 0 Å². The minimum absolute atomic E-state index is 0.177. The van der Waals surface area contributed by atoms with E-state index in [1.54, 1.807) is 25.4 Å². The van der Waals surface area contributed by atoms with E-state index in [4.69, 9.17) is 4.74 Å². The predicted molar refractivity (Wildman–Crippen MR) is 128 cm³/mol. The van der Waals surface area contributed by atoms with E-state index in [9.17, 15) is 4.79 Å². The number of methoxy groups -OCH3 is 1. The lowest BCUT2D eigenvalue weighted by atomic mass is 10.1. The Labute approximate surface area is 189 Å². The normalized spacial score (nSPS) is 14.1. The third kappa shape index (κ3) is 5.00. The number of nitrogens with one attached hydrogen (secondary N) is 2. The van der Waals surface area contributed by atoms with Gasteiger partial charge in [0.15, 0.2) is 0 Å². The topological polar surface area (TPSA) is 69.7 Å². The van der Waals surface area contributed by atoms with Gasteiger partial charge in [-0.2, -0.15) is 0 Å². The van der Waals surface area contributed by atoms with Crippen molar-refractivity contribution in [2.75, 3.05) is 50.6 Å². The molecule has 1 aromatic heterocycles. The molecule has 32 heavy (non-hydrogen) atoms. The zero-order chi connectivity index (χ0) is 22.3. The van der Waals surface area contributed by atoms with E-state index >= 15 is 0 Å². The summed E-state index contributed by atoms with van der Waals surface area (Å²) in [5.74, 6) is 0.996. The molecule has 4 rings (SSSR count). The molecule has 0 spiro atoms. The van der Waals surface area contributed by atoms with Crippen molar-refractivity contribution in [1.82, 2.24) is 15.2 Å². The van der Waals surface area contributed by atoms with Crippen molar-refractivity contribution in [2.45, 2.75) is 6.54 Å². The third-order valence-corrected chi connectivity index (χ3v) is 5.69. The lowest BCUT2D eigenvalue weighted by molar-refractivity contribution is 0.0951. The van der Waals surface area contributed by atoms with Crippen molar-refractivity contribution in [3.05, 3.63) is 78.0 Å². The van der Waals surface area contributed by atoms with Crippen LogP contribution in [0.25, 0.3) is 0 Å². The minimum Gasteiger partial charge on any atom is -0.495 e. The van der Waals surface area contributed by atoms with Crippen molar-refractivity contribution in [3.63, 3.8) is 0 Å². The number of ether oxygens (including phenoxy) is 1. The second kappa shape index (κ2) is 10.2. The summed E-state index contributed by atoms with van der Waals surface area (Å²) in [6, 6.07) is 19.4. The monoisotopic (exact) mass is 431 g/mol. The number of amides is 1. The van der Waals surface area contributed by atoms with Crippen molar-refractivity contribution < 1.29 is 9.53 Å². The Morgan fingerprint density at radius 1 is 1.00 bits per heavy atom. The van der Waals surface area contributed by atoms with Gasteiger partial charge in [-0.15, -0.1) is 0 Å². The molecular weight excluding hydrogens is 402 g/mol. The maximum absolute atomic E-state index is 13.1. The molecule has 3 aromatic rings. The number of rotatable bonds is 7. The largest absolute Gasteiger partial charge is 0.495 e. The Morgan fingerprint density at radius 3 is 2.56 bits per heavy atom. The molecule has 7 heteroatoms. The smallest absolute Gasteiger partial charge is 0.255 e. The molecule has 2 aromatic carbocycles. The number of aromatic nitrogens is 1. The molecule has 2 heterocycles. The SMILES string of the molecule is COc1ccccc1Nc1ncccc1C(=O)NCc1ccccc1N1CCN(C)CC1. The first-order chi connectivity index (χ1) is 15.7. The number of hydrogen-bond donors (Lipinski definition) is 2. The van der Waals surface area contributed by atoms with E-state index in [1.807, 2.05) is 30.3 Å². The summed E-state index contributed by atoms with van der Waals surface area (Å²) >= 11 is 0. The molecule has 1 saturated heterocycles. The molecule has 0 atom stereocenters. The van der Waals surface area contributed by atoms with Gasteiger partial charge >= 0.3 is 0 Å². The van der Waals surface area contributed by atoms with Crippen LogP contribution in [0.15, 0.2) is 66.9 Å². The van der Waals surface area contributed by atoms with Crippen LogP contribution in [0.1, 0.15) is 15.9 Å². The fourth-order valence-corrected chi connectivity index (χ4v) is 3.85. The lowest BCUT2D eigenvalue weighted by Gasteiger charge is -2.35. The van der Waals surface area contributed by atoms with Crippen LogP contribution in [0, 0.1) is 0 Å². The van der Waals surface area contributed by atoms with E-state index in [1.165, 1.54) is 5.69 Å². The summed E-state index contributed by atoms with van der Waals surface area (Å²) in [5, 5.41) is 6.30. The number of para-hydroxylation sites is 3. The van der Waals surface area contributed by atoms with Crippen molar-refractivity contribution in [2.24, 2.45) is 0 Å². The van der Waals surface area contributed by atoms with E-state index < -0.39 is 0 Å². The molecule has 0 bridgehead atoms. The van der Waals surface area contributed by atoms with Gasteiger partial charge in [-0.1, -0.05) is 30.3 Å². The Balaban J connectivity index is 1.48. The van der Waals surface area contributed by atoms with E-state index in [-0.39, 0.29) is 5.91 Å². The van der Waals surface area contributed by atoms with Crippen LogP contribution in [0.2, 0.25) is 0 Å². The average Bonchev–Trinajstić information content (AvgIpc) is 2.84. The van der Waals surface area contributed by atoms with E-state index in [0.717, 1.165) is 37.4 Å². The van der Waals surface area contributed by atoms with Gasteiger partial charge < -0.3 is 25.2 Å². The Bertz CT molecular complexity index is 1060. The Morgan fingerprint density at radius 2 is 1.75 bits per heavy atom. The number of carbonyl (C=O) groups is 1. The highest BCUT2D eigenvalue weighted by molar-refractivity contribution is 5.99. The van der Waals surface area contributed by atoms with Gasteiger partial charge in [0.1, 0.15) is 11.6 Å². The predicted octanol–water partition coefficient (Wildman–Crippen LogP) is 3.52. The zero-order valence-electron chi connectivity index (χ0n) is 18.5. The van der Waals surface area contributed by atoms with Crippen molar-refractivity contribution in [1.29, 1.82) is 0 Å². The fourth-order valence-electron chi connectivity index (χ4n) is 3.85. The average molecular weight is 432 g/mol. The number of pyridine rings is 1. The quantitative estimate of drug-likeness (QED) is 0.597. The molecule has 0 unspecified atom stereocenters. The molecular formula is C25H29N5O2. The van der Waals surface area contributed by atoms with E-state index in [0.29, 0.717) is 23.7 Å². The number of likely N-dealkylation sites (N-methyl/N-ethyl adjacent to an activating group) is 1. The molecule has 7 nitrogen and oxygen atoms in total. The maximum atomic E-state index is 13.1. The first-order valence-electron chi connectivity index (χ1n) is 10.8. The minimum atomic E-state index is -0.177. The highest BCUT2D eigenvalue weighted by Crippen LogP contribution is 2.28. The summed E-state index contributed by atoms with van der Waals surface area (Å²) in [4.78, 5) is 22.2. The van der Waals surface area contributed by atoms with Crippen LogP contribution in [0.5, 0.6) is 5.75 Å². The van der Waals surface area contributed by atoms with E-state index in [2.05, 4.69) is 50.7 Å². The third-order valence-electron chi connectivity index (χ3n) is 5.69. The van der Waals surface area contributed by atoms with Crippen LogP contribution in [-0.4, -0.2) is 56.1 Å². The summed E-state index contributed by atoms with van der Waals surface area (Å²) in [7, 11) is 3.76. The van der Waals surface area contributed by atoms with Gasteiger partial charge in [-0.05, 0) is 42.9 Å². The number of nitrogens with zero attached hydrogens (tertiary/aromatic N) is 3. The summed E-state index contributed by atoms with van der Waals surface area (Å²) in [6.45, 7) is 4.49. The number of anilines is 3. The standard InChI is InChI=1S/C25H29N5O2/c1-29-14-16-30(17-15-29)22-11-5-3-8-19(22)18-27-25(31)20-9-7-13-26-24(20)28-21-10-4-6-12-23(21)32-2/h3-13H,14-18H2,1-2H3,(H,26,28)(H,27,31). The molecule has 1 fully saturated rings. The van der Waals surface area contributed by atoms with Crippen LogP contribution < -0.4 is 20.3 Å². The molecule has 2 N–H and O–H groups in total. The Hall–Kier alpha value is -3.58.